The Morgan fingerprint density at radius 1 is 1.17 bits per heavy atom. The van der Waals surface area contributed by atoms with Crippen molar-refractivity contribution in [2.24, 2.45) is 4.99 Å². The molecule has 0 bridgehead atoms. The molecule has 2 aliphatic rings. The molecule has 7 heteroatoms. The second kappa shape index (κ2) is 10.3. The second-order valence-electron chi connectivity index (χ2n) is 9.64. The maximum atomic E-state index is 6.06. The quantitative estimate of drug-likeness (QED) is 0.438. The predicted octanol–water partition coefficient (Wildman–Crippen LogP) is 2.57. The molecule has 1 saturated heterocycles. The molecular formula is C28H33IN4O2. The molecule has 4 heterocycles. The van der Waals surface area contributed by atoms with Crippen molar-refractivity contribution in [2.75, 3.05) is 26.7 Å². The van der Waals surface area contributed by atoms with Gasteiger partial charge in [0.15, 0.2) is 0 Å². The molecule has 5 rings (SSSR count). The van der Waals surface area contributed by atoms with Gasteiger partial charge in [0.2, 0.25) is 0 Å². The minimum atomic E-state index is 0.286. The van der Waals surface area contributed by atoms with E-state index in [1.807, 2.05) is 0 Å². The molecule has 1 aromatic carbocycles. The van der Waals surface area contributed by atoms with Gasteiger partial charge in [-0.3, -0.25) is 4.90 Å². The van der Waals surface area contributed by atoms with E-state index in [4.69, 9.17) is 14.5 Å². The summed E-state index contributed by atoms with van der Waals surface area (Å²) in [6, 6.07) is 12.7. The first-order valence-electron chi connectivity index (χ1n) is 12.3. The van der Waals surface area contributed by atoms with Crippen LogP contribution in [-0.4, -0.2) is 53.8 Å². The second-order valence-corrected chi connectivity index (χ2v) is 10.8. The lowest BCUT2D eigenvalue weighted by atomic mass is 10.0. The Bertz CT molecular complexity index is 1460. The van der Waals surface area contributed by atoms with Gasteiger partial charge in [0.1, 0.15) is 5.75 Å². The van der Waals surface area contributed by atoms with Crippen LogP contribution >= 0.6 is 22.6 Å². The number of hydrogen-bond acceptors (Lipinski definition) is 4. The number of ether oxygens (including phenoxy) is 2. The summed E-state index contributed by atoms with van der Waals surface area (Å²) in [6.45, 7) is 9.25. The summed E-state index contributed by atoms with van der Waals surface area (Å²) in [4.78, 5) is 14.6. The molecule has 0 aliphatic carbocycles. The molecule has 0 atom stereocenters. The van der Waals surface area contributed by atoms with Crippen LogP contribution < -0.4 is 26.0 Å². The van der Waals surface area contributed by atoms with Crippen molar-refractivity contribution in [3.63, 3.8) is 0 Å². The third kappa shape index (κ3) is 5.27. The minimum absolute atomic E-state index is 0.286. The highest BCUT2D eigenvalue weighted by molar-refractivity contribution is 14.1. The summed E-state index contributed by atoms with van der Waals surface area (Å²) in [5.74, 6) is 0.813. The third-order valence-corrected chi connectivity index (χ3v) is 7.53. The van der Waals surface area contributed by atoms with E-state index >= 15 is 0 Å². The molecule has 0 saturated carbocycles. The monoisotopic (exact) mass is 584 g/mol. The first-order valence-corrected chi connectivity index (χ1v) is 13.4. The Labute approximate surface area is 219 Å². The Morgan fingerprint density at radius 3 is 2.63 bits per heavy atom. The van der Waals surface area contributed by atoms with Crippen molar-refractivity contribution < 1.29 is 9.47 Å². The summed E-state index contributed by atoms with van der Waals surface area (Å²) in [5, 5.41) is 4.17. The fraction of sp³-hybridized carbons (Fsp3) is 0.393. The van der Waals surface area contributed by atoms with E-state index in [9.17, 15) is 0 Å². The molecule has 184 valence electrons. The first kappa shape index (κ1) is 24.3. The van der Waals surface area contributed by atoms with Gasteiger partial charge in [0.25, 0.3) is 0 Å². The van der Waals surface area contributed by atoms with Crippen LogP contribution in [0.5, 0.6) is 5.75 Å². The minimum Gasteiger partial charge on any atom is -0.494 e. The van der Waals surface area contributed by atoms with Crippen molar-refractivity contribution in [3.8, 4) is 5.75 Å². The van der Waals surface area contributed by atoms with Crippen LogP contribution in [0.2, 0.25) is 0 Å². The van der Waals surface area contributed by atoms with Crippen LogP contribution in [0, 0.1) is 10.5 Å². The average molecular weight is 585 g/mol. The number of piperidine rings is 1. The van der Waals surface area contributed by atoms with E-state index in [0.29, 0.717) is 6.10 Å². The maximum absolute atomic E-state index is 6.06. The zero-order valence-corrected chi connectivity index (χ0v) is 23.0. The number of likely N-dealkylation sites (tertiary alicyclic amines) is 1. The summed E-state index contributed by atoms with van der Waals surface area (Å²) in [7, 11) is 1.72. The van der Waals surface area contributed by atoms with Gasteiger partial charge in [-0.05, 0) is 74.4 Å². The number of aryl methyl sites for hydroxylation is 1. The number of benzene rings is 1. The van der Waals surface area contributed by atoms with Crippen LogP contribution in [-0.2, 0) is 4.74 Å². The van der Waals surface area contributed by atoms with Crippen molar-refractivity contribution >= 4 is 39.9 Å². The van der Waals surface area contributed by atoms with Crippen molar-refractivity contribution in [1.82, 2.24) is 14.9 Å². The summed E-state index contributed by atoms with van der Waals surface area (Å²) < 4.78 is 13.0. The van der Waals surface area contributed by atoms with Crippen molar-refractivity contribution in [3.05, 3.63) is 72.6 Å². The van der Waals surface area contributed by atoms with E-state index in [-0.39, 0.29) is 6.10 Å². The molecule has 2 N–H and O–H groups in total. The molecule has 1 fully saturated rings. The molecule has 35 heavy (non-hydrogen) atoms. The highest BCUT2D eigenvalue weighted by Crippen LogP contribution is 2.21. The van der Waals surface area contributed by atoms with Crippen LogP contribution in [0.15, 0.2) is 41.4 Å². The van der Waals surface area contributed by atoms with E-state index in [0.717, 1.165) is 71.4 Å². The number of aromatic nitrogens is 2. The lowest BCUT2D eigenvalue weighted by Gasteiger charge is -2.33. The standard InChI is InChI=1S/C28H33IN4O2/c1-17(2)35-19-9-11-33(12-10-19)16-21-20-7-5-6-8-23(20)32-28(21)26-15-27(34-4)25(31-26)14-24-22(29)13-18(3)30-24/h5-8,13-15,17,19,30-31H,9-12,16H2,1-4H3/b25-14-,28-26?. The smallest absolute Gasteiger partial charge is 0.144 e. The number of hydrogen-bond donors (Lipinski definition) is 2. The summed E-state index contributed by atoms with van der Waals surface area (Å²) in [6.07, 6.45) is 4.91. The number of halogens is 1. The van der Waals surface area contributed by atoms with Gasteiger partial charge >= 0.3 is 0 Å². The first-order chi connectivity index (χ1) is 16.9. The van der Waals surface area contributed by atoms with E-state index in [1.165, 1.54) is 14.4 Å². The number of para-hydroxylation sites is 1. The van der Waals surface area contributed by atoms with Gasteiger partial charge in [0.05, 0.1) is 46.8 Å². The van der Waals surface area contributed by atoms with Gasteiger partial charge in [0, 0.05) is 45.8 Å². The normalized spacial score (nSPS) is 18.9. The van der Waals surface area contributed by atoms with Gasteiger partial charge in [-0.1, -0.05) is 18.2 Å². The molecule has 2 aliphatic heterocycles. The van der Waals surface area contributed by atoms with E-state index in [1.54, 1.807) is 7.11 Å². The van der Waals surface area contributed by atoms with Crippen LogP contribution in [0.1, 0.15) is 38.1 Å². The number of nitrogens with one attached hydrogen (secondary N) is 2. The number of fused-ring (bicyclic) bond motifs is 1. The lowest BCUT2D eigenvalue weighted by molar-refractivity contribution is -0.0248. The van der Waals surface area contributed by atoms with Crippen LogP contribution in [0.4, 0.5) is 0 Å². The van der Waals surface area contributed by atoms with E-state index < -0.39 is 0 Å². The Morgan fingerprint density at radius 2 is 1.94 bits per heavy atom. The Kier molecular flexibility index (Phi) is 7.18. The average Bonchev–Trinajstić information content (AvgIpc) is 3.50. The Balaban J connectivity index is 1.53. The van der Waals surface area contributed by atoms with Gasteiger partial charge < -0.3 is 19.4 Å². The molecular weight excluding hydrogens is 551 g/mol. The van der Waals surface area contributed by atoms with E-state index in [2.05, 4.69) is 101 Å². The zero-order chi connectivity index (χ0) is 24.5. The number of aromatic amines is 2. The summed E-state index contributed by atoms with van der Waals surface area (Å²) in [5.41, 5.74) is 4.48. The van der Waals surface area contributed by atoms with Gasteiger partial charge in [-0.15, -0.1) is 0 Å². The molecule has 0 unspecified atom stereocenters. The molecule has 0 radical (unpaired) electrons. The Hall–Kier alpha value is -2.36. The van der Waals surface area contributed by atoms with Gasteiger partial charge in [-0.2, -0.15) is 0 Å². The van der Waals surface area contributed by atoms with Crippen LogP contribution in [0.3, 0.4) is 0 Å². The largest absolute Gasteiger partial charge is 0.494 e. The fourth-order valence-electron chi connectivity index (χ4n) is 5.02. The topological polar surface area (TPSA) is 65.6 Å². The fourth-order valence-corrected chi connectivity index (χ4v) is 5.77. The zero-order valence-electron chi connectivity index (χ0n) is 20.8. The molecule has 6 nitrogen and oxygen atoms in total. The highest BCUT2D eigenvalue weighted by atomic mass is 127. The van der Waals surface area contributed by atoms with Crippen molar-refractivity contribution in [2.45, 2.75) is 45.8 Å². The maximum Gasteiger partial charge on any atom is 0.144 e. The summed E-state index contributed by atoms with van der Waals surface area (Å²) >= 11 is 2.36. The molecule has 0 amide bonds. The lowest BCUT2D eigenvalue weighted by Crippen LogP contribution is -2.39. The number of methoxy groups -OCH3 is 1. The highest BCUT2D eigenvalue weighted by Gasteiger charge is 2.24. The number of nitrogens with zero attached hydrogens (tertiary/aromatic N) is 2. The van der Waals surface area contributed by atoms with Gasteiger partial charge in [-0.25, -0.2) is 4.99 Å². The molecule has 0 spiro atoms. The van der Waals surface area contributed by atoms with Crippen LogP contribution in [0.25, 0.3) is 17.3 Å². The third-order valence-electron chi connectivity index (χ3n) is 6.63. The predicted molar refractivity (Wildman–Crippen MR) is 148 cm³/mol. The molecule has 3 aromatic rings. The number of H-pyrrole nitrogens is 2. The molecule has 2 aromatic heterocycles. The van der Waals surface area contributed by atoms with Crippen molar-refractivity contribution in [1.29, 1.82) is 0 Å². The SMILES string of the molecule is COc1cc(=C2N=c3ccccc3=C2CN2CCC(OC(C)C)CC2)[nH]/c1=C\c1[nH]c(C)cc1I. The number of rotatable bonds is 6.